The number of aromatic nitrogens is 5. The number of hydrogen-bond acceptors (Lipinski definition) is 9. The first-order valence-electron chi connectivity index (χ1n) is 8.78. The van der Waals surface area contributed by atoms with E-state index in [1.807, 2.05) is 18.2 Å². The average Bonchev–Trinajstić information content (AvgIpc) is 3.20. The van der Waals surface area contributed by atoms with Crippen LogP contribution in [0.3, 0.4) is 0 Å². The number of hydrogen-bond donors (Lipinski definition) is 2. The summed E-state index contributed by atoms with van der Waals surface area (Å²) in [5.74, 6) is -0.266. The van der Waals surface area contributed by atoms with Crippen molar-refractivity contribution < 1.29 is 14.3 Å². The monoisotopic (exact) mass is 432 g/mol. The van der Waals surface area contributed by atoms with Gasteiger partial charge in [0.2, 0.25) is 0 Å². The SMILES string of the molecule is COCCn1c(N)c(C(=O)CSc2nncn2-c2ccccc2OC)c(=O)[nH]c1=O. The molecule has 0 spiro atoms. The predicted octanol–water partition coefficient (Wildman–Crippen LogP) is 0.329. The van der Waals surface area contributed by atoms with Crippen molar-refractivity contribution in [3.05, 3.63) is 57.0 Å². The molecule has 0 fully saturated rings. The topological polar surface area (TPSA) is 147 Å². The number of nitrogens with two attached hydrogens (primary N) is 1. The molecule has 0 aliphatic rings. The Morgan fingerprint density at radius 3 is 2.77 bits per heavy atom. The summed E-state index contributed by atoms with van der Waals surface area (Å²) in [7, 11) is 3.01. The molecule has 30 heavy (non-hydrogen) atoms. The van der Waals surface area contributed by atoms with Crippen molar-refractivity contribution >= 4 is 23.4 Å². The number of H-pyrrole nitrogens is 1. The fourth-order valence-electron chi connectivity index (χ4n) is 2.78. The van der Waals surface area contributed by atoms with Crippen molar-refractivity contribution in [1.29, 1.82) is 0 Å². The molecule has 1 aromatic carbocycles. The highest BCUT2D eigenvalue weighted by atomic mass is 32.2. The first-order valence-corrected chi connectivity index (χ1v) is 9.77. The van der Waals surface area contributed by atoms with Gasteiger partial charge in [0.05, 0.1) is 31.7 Å². The molecule has 0 radical (unpaired) electrons. The van der Waals surface area contributed by atoms with Crippen LogP contribution in [-0.4, -0.2) is 56.7 Å². The van der Waals surface area contributed by atoms with Crippen molar-refractivity contribution in [3.63, 3.8) is 0 Å². The Morgan fingerprint density at radius 1 is 1.27 bits per heavy atom. The molecule has 3 aromatic rings. The van der Waals surface area contributed by atoms with Crippen molar-refractivity contribution in [2.75, 3.05) is 32.3 Å². The Bertz CT molecular complexity index is 1170. The van der Waals surface area contributed by atoms with E-state index in [0.29, 0.717) is 16.6 Å². The van der Waals surface area contributed by atoms with Gasteiger partial charge in [-0.2, -0.15) is 0 Å². The molecule has 0 unspecified atom stereocenters. The Labute approximate surface area is 174 Å². The van der Waals surface area contributed by atoms with Gasteiger partial charge in [-0.1, -0.05) is 23.9 Å². The highest BCUT2D eigenvalue weighted by Gasteiger charge is 2.21. The summed E-state index contributed by atoms with van der Waals surface area (Å²) < 4.78 is 13.1. The fraction of sp³-hybridized carbons (Fsp3) is 0.278. The Hall–Kier alpha value is -3.38. The van der Waals surface area contributed by atoms with Gasteiger partial charge in [-0.3, -0.25) is 23.7 Å². The molecule has 2 aromatic heterocycles. The molecule has 0 aliphatic heterocycles. The predicted molar refractivity (Wildman–Crippen MR) is 111 cm³/mol. The highest BCUT2D eigenvalue weighted by molar-refractivity contribution is 7.99. The summed E-state index contributed by atoms with van der Waals surface area (Å²) in [6.07, 6.45) is 1.50. The number of para-hydroxylation sites is 2. The summed E-state index contributed by atoms with van der Waals surface area (Å²) in [6.45, 7) is 0.300. The molecule has 3 rings (SSSR count). The van der Waals surface area contributed by atoms with E-state index in [1.54, 1.807) is 17.7 Å². The lowest BCUT2D eigenvalue weighted by molar-refractivity contribution is 0.102. The summed E-state index contributed by atoms with van der Waals surface area (Å²) in [5.41, 5.74) is 4.84. The second kappa shape index (κ2) is 9.41. The third-order valence-corrected chi connectivity index (χ3v) is 5.17. The fourth-order valence-corrected chi connectivity index (χ4v) is 3.57. The second-order valence-electron chi connectivity index (χ2n) is 6.03. The number of benzene rings is 1. The Kier molecular flexibility index (Phi) is 6.69. The maximum Gasteiger partial charge on any atom is 0.330 e. The smallest absolute Gasteiger partial charge is 0.330 e. The van der Waals surface area contributed by atoms with E-state index in [0.717, 1.165) is 16.3 Å². The standard InChI is InChI=1S/C18H20N6O5S/c1-28-8-7-23-15(19)14(16(26)21-17(23)27)12(25)9-30-18-22-20-10-24(18)11-5-3-4-6-13(11)29-2/h3-6,10H,7-9,19H2,1-2H3,(H,21,26,27). The van der Waals surface area contributed by atoms with E-state index in [4.69, 9.17) is 15.2 Å². The highest BCUT2D eigenvalue weighted by Crippen LogP contribution is 2.27. The van der Waals surface area contributed by atoms with Crippen molar-refractivity contribution in [2.45, 2.75) is 11.7 Å². The molecular formula is C18H20N6O5S. The molecule has 0 aliphatic carbocycles. The lowest BCUT2D eigenvalue weighted by Gasteiger charge is -2.12. The second-order valence-corrected chi connectivity index (χ2v) is 6.97. The van der Waals surface area contributed by atoms with E-state index in [9.17, 15) is 14.4 Å². The lowest BCUT2D eigenvalue weighted by atomic mass is 10.2. The molecule has 0 saturated carbocycles. The van der Waals surface area contributed by atoms with Crippen LogP contribution in [0.4, 0.5) is 5.82 Å². The van der Waals surface area contributed by atoms with Gasteiger partial charge in [-0.25, -0.2) is 4.79 Å². The number of aromatic amines is 1. The average molecular weight is 432 g/mol. The van der Waals surface area contributed by atoms with Crippen LogP contribution in [0.1, 0.15) is 10.4 Å². The number of methoxy groups -OCH3 is 2. The zero-order valence-corrected chi connectivity index (χ0v) is 17.1. The summed E-state index contributed by atoms with van der Waals surface area (Å²) in [4.78, 5) is 39.0. The van der Waals surface area contributed by atoms with Crippen LogP contribution in [0.5, 0.6) is 5.75 Å². The van der Waals surface area contributed by atoms with Crippen molar-refractivity contribution in [1.82, 2.24) is 24.3 Å². The van der Waals surface area contributed by atoms with Gasteiger partial charge in [0, 0.05) is 7.11 Å². The molecule has 0 bridgehead atoms. The van der Waals surface area contributed by atoms with Gasteiger partial charge < -0.3 is 15.2 Å². The third kappa shape index (κ3) is 4.28. The van der Waals surface area contributed by atoms with E-state index >= 15 is 0 Å². The van der Waals surface area contributed by atoms with E-state index in [1.165, 1.54) is 13.4 Å². The maximum absolute atomic E-state index is 12.7. The number of anilines is 1. The molecule has 2 heterocycles. The summed E-state index contributed by atoms with van der Waals surface area (Å²) in [5, 5.41) is 8.35. The summed E-state index contributed by atoms with van der Waals surface area (Å²) >= 11 is 1.08. The van der Waals surface area contributed by atoms with Crippen LogP contribution >= 0.6 is 11.8 Å². The van der Waals surface area contributed by atoms with Crippen LogP contribution in [-0.2, 0) is 11.3 Å². The first-order chi connectivity index (χ1) is 14.5. The zero-order valence-electron chi connectivity index (χ0n) is 16.3. The number of Topliss-reactive ketones (excluding diaryl/α,β-unsaturated/α-hetero) is 1. The van der Waals surface area contributed by atoms with Crippen LogP contribution in [0.15, 0.2) is 45.3 Å². The van der Waals surface area contributed by atoms with E-state index < -0.39 is 17.0 Å². The number of nitrogens with zero attached hydrogens (tertiary/aromatic N) is 4. The van der Waals surface area contributed by atoms with Gasteiger partial charge in [0.1, 0.15) is 23.5 Å². The number of carbonyl (C=O) groups is 1. The number of thioether (sulfide) groups is 1. The largest absolute Gasteiger partial charge is 0.495 e. The Morgan fingerprint density at radius 2 is 2.03 bits per heavy atom. The number of ether oxygens (including phenoxy) is 2. The molecular weight excluding hydrogens is 412 g/mol. The molecule has 12 heteroatoms. The molecule has 11 nitrogen and oxygen atoms in total. The van der Waals surface area contributed by atoms with Crippen molar-refractivity contribution in [2.24, 2.45) is 0 Å². The minimum atomic E-state index is -0.831. The number of carbonyl (C=O) groups excluding carboxylic acids is 1. The quantitative estimate of drug-likeness (QED) is 0.360. The molecule has 158 valence electrons. The number of rotatable bonds is 9. The number of ketones is 1. The zero-order chi connectivity index (χ0) is 21.7. The van der Waals surface area contributed by atoms with Gasteiger partial charge in [-0.05, 0) is 12.1 Å². The normalized spacial score (nSPS) is 10.9. The molecule has 0 amide bonds. The maximum atomic E-state index is 12.7. The minimum Gasteiger partial charge on any atom is -0.495 e. The Balaban J connectivity index is 1.85. The van der Waals surface area contributed by atoms with Crippen molar-refractivity contribution in [3.8, 4) is 11.4 Å². The molecule has 0 atom stereocenters. The first kappa shape index (κ1) is 21.3. The van der Waals surface area contributed by atoms with Crippen LogP contribution in [0.2, 0.25) is 0 Å². The van der Waals surface area contributed by atoms with Crippen LogP contribution in [0, 0.1) is 0 Å². The van der Waals surface area contributed by atoms with Gasteiger partial charge in [0.25, 0.3) is 5.56 Å². The van der Waals surface area contributed by atoms with Crippen LogP contribution < -0.4 is 21.7 Å². The van der Waals surface area contributed by atoms with E-state index in [2.05, 4.69) is 15.2 Å². The summed E-state index contributed by atoms with van der Waals surface area (Å²) in [6, 6.07) is 7.28. The van der Waals surface area contributed by atoms with Gasteiger partial charge >= 0.3 is 5.69 Å². The molecule has 0 saturated heterocycles. The van der Waals surface area contributed by atoms with Gasteiger partial charge in [0.15, 0.2) is 10.9 Å². The minimum absolute atomic E-state index is 0.105. The lowest BCUT2D eigenvalue weighted by Crippen LogP contribution is -2.37. The van der Waals surface area contributed by atoms with E-state index in [-0.39, 0.29) is 30.3 Å². The third-order valence-electron chi connectivity index (χ3n) is 4.23. The van der Waals surface area contributed by atoms with Crippen LogP contribution in [0.25, 0.3) is 5.69 Å². The van der Waals surface area contributed by atoms with Gasteiger partial charge in [-0.15, -0.1) is 10.2 Å². The number of nitrogen functional groups attached to an aromatic ring is 1. The number of nitrogens with one attached hydrogen (secondary N) is 1. The molecule has 3 N–H and O–H groups in total.